The number of carbonyl (C=O) groups excluding carboxylic acids is 1. The van der Waals surface area contributed by atoms with Crippen molar-refractivity contribution in [2.24, 2.45) is 22.7 Å². The van der Waals surface area contributed by atoms with E-state index in [9.17, 15) is 9.90 Å². The highest BCUT2D eigenvalue weighted by Gasteiger charge is 2.69. The number of halogens is 1. The Kier molecular flexibility index (Phi) is 3.79. The summed E-state index contributed by atoms with van der Waals surface area (Å²) in [7, 11) is 0. The molecule has 2 heterocycles. The van der Waals surface area contributed by atoms with Gasteiger partial charge >= 0.3 is 0 Å². The molecule has 5 rings (SSSR count). The molecule has 2 N–H and O–H groups in total. The van der Waals surface area contributed by atoms with Gasteiger partial charge in [-0.25, -0.2) is 0 Å². The number of hydrogen-bond acceptors (Lipinski definition) is 3. The summed E-state index contributed by atoms with van der Waals surface area (Å²) in [5.74, 6) is 1.61. The fourth-order valence-electron chi connectivity index (χ4n) is 6.96. The van der Waals surface area contributed by atoms with Crippen molar-refractivity contribution in [3.8, 4) is 5.75 Å². The van der Waals surface area contributed by atoms with Crippen LogP contribution in [0.4, 0.5) is 0 Å². The third kappa shape index (κ3) is 2.09. The highest BCUT2D eigenvalue weighted by Crippen LogP contribution is 2.66. The number of aliphatic hydroxyl groups is 1. The van der Waals surface area contributed by atoms with Crippen LogP contribution in [0.3, 0.4) is 0 Å². The first kappa shape index (κ1) is 18.7. The molecular weight excluding hydrogens is 374 g/mol. The van der Waals surface area contributed by atoms with E-state index in [1.807, 2.05) is 6.07 Å². The van der Waals surface area contributed by atoms with Gasteiger partial charge < -0.3 is 15.2 Å². The maximum atomic E-state index is 12.2. The second-order valence-electron chi connectivity index (χ2n) is 10.4. The quantitative estimate of drug-likeness (QED) is 0.642. The predicted molar refractivity (Wildman–Crippen MR) is 109 cm³/mol. The molecule has 6 atom stereocenters. The Balaban J connectivity index is 1.72. The molecule has 0 unspecified atom stereocenters. The Bertz CT molecular complexity index is 868. The van der Waals surface area contributed by atoms with Crippen LogP contribution in [-0.2, 0) is 13.0 Å². The van der Waals surface area contributed by atoms with Gasteiger partial charge in [0.2, 0.25) is 0 Å². The van der Waals surface area contributed by atoms with Crippen molar-refractivity contribution in [1.82, 2.24) is 5.32 Å². The molecular formula is C23H30ClNO3. The number of aliphatic hydroxyl groups excluding tert-OH is 1. The van der Waals surface area contributed by atoms with Crippen LogP contribution < -0.4 is 10.1 Å². The van der Waals surface area contributed by atoms with Gasteiger partial charge in [0.15, 0.2) is 0 Å². The van der Waals surface area contributed by atoms with Crippen LogP contribution in [0.25, 0.3) is 0 Å². The molecule has 4 nitrogen and oxygen atoms in total. The molecule has 0 saturated heterocycles. The maximum absolute atomic E-state index is 12.2. The lowest BCUT2D eigenvalue weighted by atomic mass is 9.43. The van der Waals surface area contributed by atoms with E-state index in [1.165, 1.54) is 5.56 Å². The van der Waals surface area contributed by atoms with Crippen LogP contribution in [0.5, 0.6) is 5.75 Å². The van der Waals surface area contributed by atoms with Gasteiger partial charge in [-0.05, 0) is 42.2 Å². The summed E-state index contributed by atoms with van der Waals surface area (Å²) >= 11 is 6.74. The number of rotatable bonds is 0. The molecule has 0 radical (unpaired) electrons. The van der Waals surface area contributed by atoms with E-state index < -0.39 is 11.7 Å². The fraction of sp³-hybridized carbons (Fsp3) is 0.696. The van der Waals surface area contributed by atoms with Crippen molar-refractivity contribution < 1.29 is 14.6 Å². The van der Waals surface area contributed by atoms with Crippen molar-refractivity contribution >= 4 is 17.5 Å². The Morgan fingerprint density at radius 2 is 2.00 bits per heavy atom. The number of alkyl halides is 1. The van der Waals surface area contributed by atoms with E-state index in [4.69, 9.17) is 16.3 Å². The lowest BCUT2D eigenvalue weighted by molar-refractivity contribution is -0.228. The van der Waals surface area contributed by atoms with Crippen LogP contribution in [0.1, 0.15) is 68.4 Å². The van der Waals surface area contributed by atoms with Crippen molar-refractivity contribution in [3.63, 3.8) is 0 Å². The minimum atomic E-state index is -0.601. The number of amides is 1. The summed E-state index contributed by atoms with van der Waals surface area (Å²) < 4.78 is 7.04. The average molecular weight is 404 g/mol. The highest BCUT2D eigenvalue weighted by molar-refractivity contribution is 6.21. The lowest BCUT2D eigenvalue weighted by Crippen LogP contribution is -2.72. The van der Waals surface area contributed by atoms with Crippen molar-refractivity contribution in [1.29, 1.82) is 0 Å². The van der Waals surface area contributed by atoms with Gasteiger partial charge in [-0.3, -0.25) is 4.79 Å². The van der Waals surface area contributed by atoms with E-state index in [-0.39, 0.29) is 28.0 Å². The van der Waals surface area contributed by atoms with E-state index in [0.717, 1.165) is 36.1 Å². The predicted octanol–water partition coefficient (Wildman–Crippen LogP) is 4.05. The van der Waals surface area contributed by atoms with Gasteiger partial charge in [0, 0.05) is 35.4 Å². The van der Waals surface area contributed by atoms with Gasteiger partial charge in [0.1, 0.15) is 11.4 Å². The zero-order valence-corrected chi connectivity index (χ0v) is 17.9. The average Bonchev–Trinajstić information content (AvgIpc) is 3.01. The summed E-state index contributed by atoms with van der Waals surface area (Å²) in [5.41, 5.74) is 2.12. The number of carbonyl (C=O) groups is 1. The normalized spacial score (nSPS) is 43.1. The fourth-order valence-corrected chi connectivity index (χ4v) is 7.20. The standard InChI is InChI=1S/C23H30ClNO3/c1-12-5-8-17-21(2,3)19(24)16(26)10-23(17)22(12,4)9-13-6-7-14-15(18(13)28-23)11-25-20(14)27/h6-7,12,16-17,19,26H,5,8-11H2,1-4H3,(H,25,27)/t12-,16+,17-,19-,22+,23-/m0/s1. The Hall–Kier alpha value is -1.26. The second kappa shape index (κ2) is 5.66. The minimum Gasteiger partial charge on any atom is -0.486 e. The van der Waals surface area contributed by atoms with Crippen LogP contribution in [0.15, 0.2) is 12.1 Å². The largest absolute Gasteiger partial charge is 0.486 e. The summed E-state index contributed by atoms with van der Waals surface area (Å²) in [4.78, 5) is 12.2. The third-order valence-corrected chi connectivity index (χ3v) is 9.67. The van der Waals surface area contributed by atoms with Gasteiger partial charge in [-0.15, -0.1) is 11.6 Å². The number of hydrogen-bond donors (Lipinski definition) is 2. The van der Waals surface area contributed by atoms with Crippen LogP contribution in [-0.4, -0.2) is 28.1 Å². The number of ether oxygens (including phenoxy) is 1. The molecule has 28 heavy (non-hydrogen) atoms. The van der Waals surface area contributed by atoms with E-state index in [1.54, 1.807) is 0 Å². The summed E-state index contributed by atoms with van der Waals surface area (Å²) in [5, 5.41) is 13.6. The monoisotopic (exact) mass is 403 g/mol. The van der Waals surface area contributed by atoms with Gasteiger partial charge in [-0.2, -0.15) is 0 Å². The summed E-state index contributed by atoms with van der Waals surface area (Å²) in [6, 6.07) is 4.02. The van der Waals surface area contributed by atoms with Gasteiger partial charge in [0.05, 0.1) is 11.5 Å². The number of nitrogens with one attached hydrogen (secondary N) is 1. The summed E-state index contributed by atoms with van der Waals surface area (Å²) in [6.07, 6.45) is 3.07. The molecule has 1 aromatic rings. The molecule has 0 bridgehead atoms. The molecule has 2 aliphatic heterocycles. The molecule has 4 aliphatic rings. The maximum Gasteiger partial charge on any atom is 0.252 e. The molecule has 5 heteroatoms. The second-order valence-corrected chi connectivity index (χ2v) is 10.8. The van der Waals surface area contributed by atoms with Gasteiger partial charge in [0.25, 0.3) is 5.91 Å². The number of benzene rings is 1. The molecule has 2 saturated carbocycles. The van der Waals surface area contributed by atoms with E-state index >= 15 is 0 Å². The molecule has 1 spiro atoms. The topological polar surface area (TPSA) is 58.6 Å². The molecule has 152 valence electrons. The molecule has 1 aromatic carbocycles. The SMILES string of the molecule is C[C@H]1CC[C@H]2C(C)(C)[C@@H](Cl)[C@H](O)C[C@]23Oc2c(ccc4c2CNC4=O)C[C@]13C. The Labute approximate surface area is 172 Å². The first-order chi connectivity index (χ1) is 13.1. The van der Waals surface area contributed by atoms with Crippen LogP contribution in [0.2, 0.25) is 0 Å². The molecule has 1 amide bonds. The van der Waals surface area contributed by atoms with Crippen molar-refractivity contribution in [2.45, 2.75) is 77.0 Å². The van der Waals surface area contributed by atoms with E-state index in [2.05, 4.69) is 39.1 Å². The van der Waals surface area contributed by atoms with Gasteiger partial charge in [-0.1, -0.05) is 33.8 Å². The molecule has 2 fully saturated rings. The lowest BCUT2D eigenvalue weighted by Gasteiger charge is -2.67. The number of fused-ring (bicyclic) bond motifs is 3. The first-order valence-corrected chi connectivity index (χ1v) is 11.0. The van der Waals surface area contributed by atoms with Crippen LogP contribution >= 0.6 is 11.6 Å². The van der Waals surface area contributed by atoms with Crippen LogP contribution in [0, 0.1) is 22.7 Å². The zero-order valence-electron chi connectivity index (χ0n) is 17.1. The van der Waals surface area contributed by atoms with E-state index in [0.29, 0.717) is 18.9 Å². The smallest absolute Gasteiger partial charge is 0.252 e. The summed E-state index contributed by atoms with van der Waals surface area (Å²) in [6.45, 7) is 9.58. The molecule has 0 aromatic heterocycles. The first-order valence-electron chi connectivity index (χ1n) is 10.6. The molecule has 2 aliphatic carbocycles. The third-order valence-electron chi connectivity index (χ3n) is 8.82. The zero-order chi connectivity index (χ0) is 20.1. The minimum absolute atomic E-state index is 0.0226. The van der Waals surface area contributed by atoms with Crippen molar-refractivity contribution in [3.05, 3.63) is 28.8 Å². The Morgan fingerprint density at radius 1 is 1.25 bits per heavy atom. The Morgan fingerprint density at radius 3 is 2.75 bits per heavy atom. The van der Waals surface area contributed by atoms with Crippen molar-refractivity contribution in [2.75, 3.05) is 0 Å². The highest BCUT2D eigenvalue weighted by atomic mass is 35.5.